The highest BCUT2D eigenvalue weighted by molar-refractivity contribution is 5.80. The van der Waals surface area contributed by atoms with Gasteiger partial charge in [-0.05, 0) is 22.3 Å². The van der Waals surface area contributed by atoms with Gasteiger partial charge >= 0.3 is 0 Å². The summed E-state index contributed by atoms with van der Waals surface area (Å²) in [5.41, 5.74) is 5.86. The first-order chi connectivity index (χ1) is 8.62. The van der Waals surface area contributed by atoms with Crippen LogP contribution in [0, 0.1) is 0 Å². The molecule has 1 heteroatoms. The fraction of sp³-hybridized carbons (Fsp3) is 0.294. The third-order valence-corrected chi connectivity index (χ3v) is 3.49. The Morgan fingerprint density at radius 3 is 1.44 bits per heavy atom. The average molecular weight is 240 g/mol. The summed E-state index contributed by atoms with van der Waals surface area (Å²) in [4.78, 5) is 0. The molecule has 2 aromatic carbocycles. The lowest BCUT2D eigenvalue weighted by atomic mass is 9.82. The third kappa shape index (κ3) is 1.95. The Balaban J connectivity index is 0.000000367. The van der Waals surface area contributed by atoms with E-state index in [0.717, 1.165) is 0 Å². The molecule has 0 unspecified atom stereocenters. The predicted molar refractivity (Wildman–Crippen MR) is 76.9 cm³/mol. The molecule has 2 aromatic rings. The minimum Gasteiger partial charge on any atom is -0.388 e. The normalized spacial score (nSPS) is 14.2. The minimum absolute atomic E-state index is 0.160. The van der Waals surface area contributed by atoms with Crippen molar-refractivity contribution in [2.75, 3.05) is 14.2 Å². The van der Waals surface area contributed by atoms with Crippen LogP contribution in [0.5, 0.6) is 0 Å². The molecule has 0 amide bonds. The molecule has 0 spiro atoms. The zero-order valence-electron chi connectivity index (χ0n) is 11.5. The molecular formula is C17H20O. The van der Waals surface area contributed by atoms with Gasteiger partial charge < -0.3 is 4.74 Å². The molecular weight excluding hydrogens is 220 g/mol. The molecule has 94 valence electrons. The van der Waals surface area contributed by atoms with Gasteiger partial charge in [-0.15, -0.1) is 0 Å². The smallest absolute Gasteiger partial charge is 0.0351 e. The van der Waals surface area contributed by atoms with Gasteiger partial charge in [0, 0.05) is 19.6 Å². The van der Waals surface area contributed by atoms with Crippen LogP contribution >= 0.6 is 0 Å². The van der Waals surface area contributed by atoms with Gasteiger partial charge in [-0.25, -0.2) is 0 Å². The van der Waals surface area contributed by atoms with E-state index in [4.69, 9.17) is 0 Å². The average Bonchev–Trinajstić information content (AvgIpc) is 2.61. The second kappa shape index (κ2) is 4.95. The second-order valence-corrected chi connectivity index (χ2v) is 5.12. The second-order valence-electron chi connectivity index (χ2n) is 5.12. The number of hydrogen-bond acceptors (Lipinski definition) is 1. The lowest BCUT2D eigenvalue weighted by Crippen LogP contribution is -2.14. The summed E-state index contributed by atoms with van der Waals surface area (Å²) < 4.78 is 4.25. The monoisotopic (exact) mass is 240 g/mol. The fourth-order valence-corrected chi connectivity index (χ4v) is 2.67. The van der Waals surface area contributed by atoms with E-state index in [1.54, 1.807) is 14.2 Å². The largest absolute Gasteiger partial charge is 0.388 e. The molecule has 0 fully saturated rings. The number of fused-ring (bicyclic) bond motifs is 3. The van der Waals surface area contributed by atoms with Crippen LogP contribution in [-0.4, -0.2) is 14.2 Å². The summed E-state index contributed by atoms with van der Waals surface area (Å²) in [6.07, 6.45) is 0. The van der Waals surface area contributed by atoms with Crippen LogP contribution in [0.1, 0.15) is 25.0 Å². The van der Waals surface area contributed by atoms with Crippen LogP contribution in [0.2, 0.25) is 0 Å². The highest BCUT2D eigenvalue weighted by Gasteiger charge is 2.34. The van der Waals surface area contributed by atoms with E-state index in [0.29, 0.717) is 0 Å². The minimum atomic E-state index is 0.160. The first-order valence-corrected chi connectivity index (χ1v) is 6.22. The summed E-state index contributed by atoms with van der Waals surface area (Å²) in [5.74, 6) is 0. The number of methoxy groups -OCH3 is 1. The van der Waals surface area contributed by atoms with E-state index in [9.17, 15) is 0 Å². The maximum absolute atomic E-state index is 4.25. The van der Waals surface area contributed by atoms with Gasteiger partial charge in [-0.2, -0.15) is 0 Å². The Bertz CT molecular complexity index is 493. The molecule has 0 bridgehead atoms. The molecule has 0 aromatic heterocycles. The van der Waals surface area contributed by atoms with Crippen LogP contribution in [0.25, 0.3) is 11.1 Å². The van der Waals surface area contributed by atoms with E-state index < -0.39 is 0 Å². The lowest BCUT2D eigenvalue weighted by Gasteiger charge is -2.20. The molecule has 1 aliphatic rings. The Labute approximate surface area is 109 Å². The van der Waals surface area contributed by atoms with Gasteiger partial charge in [0.1, 0.15) is 0 Å². The van der Waals surface area contributed by atoms with Crippen LogP contribution in [0.15, 0.2) is 48.5 Å². The van der Waals surface area contributed by atoms with Crippen LogP contribution < -0.4 is 0 Å². The molecule has 3 rings (SSSR count). The van der Waals surface area contributed by atoms with E-state index in [-0.39, 0.29) is 5.41 Å². The highest BCUT2D eigenvalue weighted by Crippen LogP contribution is 2.47. The standard InChI is InChI=1S/C15H14.C2H6O/c1-15(2)13-9-5-3-7-11(13)12-8-4-6-10-14(12)15;1-3-2/h3-10H,1-2H3;1-2H3. The number of benzene rings is 2. The molecule has 0 aliphatic heterocycles. The van der Waals surface area contributed by atoms with E-state index in [1.807, 2.05) is 0 Å². The maximum Gasteiger partial charge on any atom is 0.0351 e. The van der Waals surface area contributed by atoms with E-state index in [2.05, 4.69) is 67.1 Å². The van der Waals surface area contributed by atoms with Gasteiger partial charge in [-0.1, -0.05) is 62.4 Å². The number of rotatable bonds is 0. The van der Waals surface area contributed by atoms with Gasteiger partial charge in [0.2, 0.25) is 0 Å². The number of ether oxygens (including phenoxy) is 1. The van der Waals surface area contributed by atoms with Crippen molar-refractivity contribution in [1.82, 2.24) is 0 Å². The van der Waals surface area contributed by atoms with Crippen LogP contribution in [-0.2, 0) is 10.2 Å². The Morgan fingerprint density at radius 2 is 1.06 bits per heavy atom. The van der Waals surface area contributed by atoms with Crippen LogP contribution in [0.3, 0.4) is 0 Å². The molecule has 0 saturated carbocycles. The molecule has 0 radical (unpaired) electrons. The van der Waals surface area contributed by atoms with Crippen molar-refractivity contribution < 1.29 is 4.74 Å². The molecule has 1 nitrogen and oxygen atoms in total. The summed E-state index contributed by atoms with van der Waals surface area (Å²) in [6.45, 7) is 4.61. The zero-order chi connectivity index (χ0) is 13.2. The zero-order valence-corrected chi connectivity index (χ0v) is 11.5. The topological polar surface area (TPSA) is 9.23 Å². The van der Waals surface area contributed by atoms with Crippen molar-refractivity contribution in [3.63, 3.8) is 0 Å². The lowest BCUT2D eigenvalue weighted by molar-refractivity contribution is 0.277. The van der Waals surface area contributed by atoms with Gasteiger partial charge in [-0.3, -0.25) is 0 Å². The van der Waals surface area contributed by atoms with E-state index in [1.165, 1.54) is 22.3 Å². The summed E-state index contributed by atoms with van der Waals surface area (Å²) in [7, 11) is 3.25. The maximum atomic E-state index is 4.25. The van der Waals surface area contributed by atoms with Gasteiger partial charge in [0.15, 0.2) is 0 Å². The van der Waals surface area contributed by atoms with Crippen molar-refractivity contribution in [3.8, 4) is 11.1 Å². The van der Waals surface area contributed by atoms with Crippen LogP contribution in [0.4, 0.5) is 0 Å². The first-order valence-electron chi connectivity index (χ1n) is 6.22. The van der Waals surface area contributed by atoms with Gasteiger partial charge in [0.05, 0.1) is 0 Å². The molecule has 0 atom stereocenters. The summed E-state index contributed by atoms with van der Waals surface area (Å²) >= 11 is 0. The van der Waals surface area contributed by atoms with Crippen molar-refractivity contribution in [3.05, 3.63) is 59.7 Å². The molecule has 18 heavy (non-hydrogen) atoms. The quantitative estimate of drug-likeness (QED) is 0.668. The third-order valence-electron chi connectivity index (χ3n) is 3.49. The number of hydrogen-bond donors (Lipinski definition) is 0. The van der Waals surface area contributed by atoms with E-state index >= 15 is 0 Å². The molecule has 0 saturated heterocycles. The SMILES string of the molecule is CC1(C)c2ccccc2-c2ccccc21.COC. The van der Waals surface area contributed by atoms with Crippen molar-refractivity contribution in [1.29, 1.82) is 0 Å². The Morgan fingerprint density at radius 1 is 0.722 bits per heavy atom. The predicted octanol–water partition coefficient (Wildman–Crippen LogP) is 4.26. The van der Waals surface area contributed by atoms with Gasteiger partial charge in [0.25, 0.3) is 0 Å². The fourth-order valence-electron chi connectivity index (χ4n) is 2.67. The Hall–Kier alpha value is -1.60. The molecule has 0 N–H and O–H groups in total. The molecule has 1 aliphatic carbocycles. The van der Waals surface area contributed by atoms with Crippen molar-refractivity contribution >= 4 is 0 Å². The summed E-state index contributed by atoms with van der Waals surface area (Å²) in [5, 5.41) is 0. The highest BCUT2D eigenvalue weighted by atomic mass is 16.4. The van der Waals surface area contributed by atoms with Crippen molar-refractivity contribution in [2.24, 2.45) is 0 Å². The van der Waals surface area contributed by atoms with Crippen molar-refractivity contribution in [2.45, 2.75) is 19.3 Å². The summed E-state index contributed by atoms with van der Waals surface area (Å²) in [6, 6.07) is 17.4. The Kier molecular flexibility index (Phi) is 3.53. The first kappa shape index (κ1) is 12.8. The molecule has 0 heterocycles.